The van der Waals surface area contributed by atoms with Crippen molar-refractivity contribution in [2.75, 3.05) is 5.32 Å². The summed E-state index contributed by atoms with van der Waals surface area (Å²) in [6.07, 6.45) is 2.10. The van der Waals surface area contributed by atoms with Crippen LogP contribution >= 0.6 is 11.3 Å². The Morgan fingerprint density at radius 1 is 1.20 bits per heavy atom. The fraction of sp³-hybridized carbons (Fsp3) is 0.200. The van der Waals surface area contributed by atoms with Crippen molar-refractivity contribution in [3.63, 3.8) is 0 Å². The predicted molar refractivity (Wildman–Crippen MR) is 79.3 cm³/mol. The minimum Gasteiger partial charge on any atom is -0.478 e. The Balaban J connectivity index is 1.82. The van der Waals surface area contributed by atoms with E-state index in [2.05, 4.69) is 11.4 Å². The molecule has 2 aromatic rings. The number of carbonyl (C=O) groups is 2. The van der Waals surface area contributed by atoms with Crippen molar-refractivity contribution in [1.29, 1.82) is 0 Å². The topological polar surface area (TPSA) is 66.4 Å². The summed E-state index contributed by atoms with van der Waals surface area (Å²) in [6.45, 7) is 0. The third kappa shape index (κ3) is 4.20. The van der Waals surface area contributed by atoms with E-state index in [4.69, 9.17) is 5.11 Å². The molecule has 0 spiro atoms. The zero-order valence-electron chi connectivity index (χ0n) is 10.8. The highest BCUT2D eigenvalue weighted by atomic mass is 32.1. The molecule has 0 radical (unpaired) electrons. The SMILES string of the molecule is O=C(CCCc1cccs1)Nc1cccc(C(=O)O)c1. The first-order valence-corrected chi connectivity index (χ1v) is 7.19. The number of hydrogen-bond donors (Lipinski definition) is 2. The number of aryl methyl sites for hydroxylation is 1. The Labute approximate surface area is 121 Å². The second-order valence-corrected chi connectivity index (χ2v) is 5.40. The van der Waals surface area contributed by atoms with Crippen LogP contribution in [0.5, 0.6) is 0 Å². The molecule has 0 fully saturated rings. The molecule has 2 N–H and O–H groups in total. The molecule has 0 aliphatic heterocycles. The van der Waals surface area contributed by atoms with Crippen LogP contribution in [0.2, 0.25) is 0 Å². The molecule has 0 unspecified atom stereocenters. The third-order valence-electron chi connectivity index (χ3n) is 2.80. The molecule has 0 aliphatic rings. The molecular formula is C15H15NO3S. The number of nitrogens with one attached hydrogen (secondary N) is 1. The lowest BCUT2D eigenvalue weighted by Gasteiger charge is -2.05. The van der Waals surface area contributed by atoms with Crippen molar-refractivity contribution in [3.8, 4) is 0 Å². The lowest BCUT2D eigenvalue weighted by atomic mass is 10.2. The van der Waals surface area contributed by atoms with Crippen LogP contribution in [0.1, 0.15) is 28.1 Å². The molecular weight excluding hydrogens is 274 g/mol. The van der Waals surface area contributed by atoms with E-state index >= 15 is 0 Å². The fourth-order valence-electron chi connectivity index (χ4n) is 1.83. The van der Waals surface area contributed by atoms with Crippen molar-refractivity contribution < 1.29 is 14.7 Å². The average molecular weight is 289 g/mol. The van der Waals surface area contributed by atoms with Crippen molar-refractivity contribution in [1.82, 2.24) is 0 Å². The first kappa shape index (κ1) is 14.3. The van der Waals surface area contributed by atoms with Gasteiger partial charge in [0.1, 0.15) is 0 Å². The van der Waals surface area contributed by atoms with Gasteiger partial charge in [-0.2, -0.15) is 0 Å². The fourth-order valence-corrected chi connectivity index (χ4v) is 2.58. The summed E-state index contributed by atoms with van der Waals surface area (Å²) < 4.78 is 0. The van der Waals surface area contributed by atoms with Gasteiger partial charge in [0.15, 0.2) is 0 Å². The Bertz CT molecular complexity index is 593. The van der Waals surface area contributed by atoms with E-state index in [0.29, 0.717) is 12.1 Å². The second kappa shape index (κ2) is 6.86. The van der Waals surface area contributed by atoms with Crippen LogP contribution in [-0.2, 0) is 11.2 Å². The van der Waals surface area contributed by atoms with Crippen LogP contribution in [0.25, 0.3) is 0 Å². The number of benzene rings is 1. The van der Waals surface area contributed by atoms with Gasteiger partial charge in [0.05, 0.1) is 5.56 Å². The molecule has 0 bridgehead atoms. The largest absolute Gasteiger partial charge is 0.478 e. The molecule has 5 heteroatoms. The van der Waals surface area contributed by atoms with Crippen molar-refractivity contribution >= 4 is 28.9 Å². The van der Waals surface area contributed by atoms with E-state index in [9.17, 15) is 9.59 Å². The number of carboxylic acid groups (broad SMARTS) is 1. The number of carbonyl (C=O) groups excluding carboxylic acids is 1. The molecule has 0 aliphatic carbocycles. The number of amides is 1. The highest BCUT2D eigenvalue weighted by Gasteiger charge is 2.06. The van der Waals surface area contributed by atoms with Gasteiger partial charge in [-0.15, -0.1) is 11.3 Å². The number of aromatic carboxylic acids is 1. The minimum atomic E-state index is -1.00. The van der Waals surface area contributed by atoms with E-state index in [1.165, 1.54) is 17.0 Å². The molecule has 4 nitrogen and oxygen atoms in total. The van der Waals surface area contributed by atoms with Gasteiger partial charge in [0.2, 0.25) is 5.91 Å². The smallest absolute Gasteiger partial charge is 0.335 e. The van der Waals surface area contributed by atoms with Gasteiger partial charge < -0.3 is 10.4 Å². The normalized spacial score (nSPS) is 10.2. The van der Waals surface area contributed by atoms with E-state index in [1.807, 2.05) is 11.4 Å². The molecule has 0 saturated heterocycles. The van der Waals surface area contributed by atoms with Crippen LogP contribution in [0.3, 0.4) is 0 Å². The Morgan fingerprint density at radius 3 is 2.75 bits per heavy atom. The molecule has 2 rings (SSSR count). The van der Waals surface area contributed by atoms with Crippen LogP contribution in [0, 0.1) is 0 Å². The second-order valence-electron chi connectivity index (χ2n) is 4.37. The van der Waals surface area contributed by atoms with E-state index in [-0.39, 0.29) is 11.5 Å². The number of hydrogen-bond acceptors (Lipinski definition) is 3. The van der Waals surface area contributed by atoms with Crippen LogP contribution in [-0.4, -0.2) is 17.0 Å². The first-order valence-electron chi connectivity index (χ1n) is 6.31. The maximum absolute atomic E-state index is 11.8. The third-order valence-corrected chi connectivity index (χ3v) is 3.74. The Hall–Kier alpha value is -2.14. The van der Waals surface area contributed by atoms with Crippen LogP contribution in [0.4, 0.5) is 5.69 Å². The zero-order chi connectivity index (χ0) is 14.4. The summed E-state index contributed by atoms with van der Waals surface area (Å²) in [6, 6.07) is 10.3. The van der Waals surface area contributed by atoms with Crippen molar-refractivity contribution in [2.45, 2.75) is 19.3 Å². The first-order chi connectivity index (χ1) is 9.65. The quantitative estimate of drug-likeness (QED) is 0.856. The standard InChI is InChI=1S/C15H15NO3S/c17-14(8-2-6-13-7-3-9-20-13)16-12-5-1-4-11(10-12)15(18)19/h1,3-5,7,9-10H,2,6,8H2,(H,16,17)(H,18,19). The molecule has 1 aromatic heterocycles. The zero-order valence-corrected chi connectivity index (χ0v) is 11.7. The average Bonchev–Trinajstić information content (AvgIpc) is 2.92. The Kier molecular flexibility index (Phi) is 4.90. The number of thiophene rings is 1. The predicted octanol–water partition coefficient (Wildman–Crippen LogP) is 3.41. The van der Waals surface area contributed by atoms with Gasteiger partial charge in [-0.3, -0.25) is 4.79 Å². The molecule has 1 heterocycles. The summed E-state index contributed by atoms with van der Waals surface area (Å²) in [5.41, 5.74) is 0.687. The number of carboxylic acids is 1. The van der Waals surface area contributed by atoms with E-state index in [1.54, 1.807) is 23.5 Å². The monoisotopic (exact) mass is 289 g/mol. The van der Waals surface area contributed by atoms with Gasteiger partial charge in [-0.1, -0.05) is 12.1 Å². The minimum absolute atomic E-state index is 0.0934. The van der Waals surface area contributed by atoms with Crippen molar-refractivity contribution in [2.24, 2.45) is 0 Å². The number of rotatable bonds is 6. The van der Waals surface area contributed by atoms with E-state index < -0.39 is 5.97 Å². The van der Waals surface area contributed by atoms with Gasteiger partial charge >= 0.3 is 5.97 Å². The number of anilines is 1. The maximum atomic E-state index is 11.8. The van der Waals surface area contributed by atoms with E-state index in [0.717, 1.165) is 12.8 Å². The molecule has 0 atom stereocenters. The van der Waals surface area contributed by atoms with Gasteiger partial charge in [-0.05, 0) is 42.5 Å². The molecule has 104 valence electrons. The lowest BCUT2D eigenvalue weighted by molar-refractivity contribution is -0.116. The molecule has 0 saturated carbocycles. The summed E-state index contributed by atoms with van der Waals surface area (Å²) in [5.74, 6) is -1.09. The van der Waals surface area contributed by atoms with Gasteiger partial charge in [0, 0.05) is 17.0 Å². The summed E-state index contributed by atoms with van der Waals surface area (Å²) in [5, 5.41) is 13.6. The molecule has 1 amide bonds. The van der Waals surface area contributed by atoms with Crippen LogP contribution < -0.4 is 5.32 Å². The highest BCUT2D eigenvalue weighted by Crippen LogP contribution is 2.14. The Morgan fingerprint density at radius 2 is 2.05 bits per heavy atom. The summed E-state index contributed by atoms with van der Waals surface area (Å²) in [7, 11) is 0. The van der Waals surface area contributed by atoms with Crippen LogP contribution in [0.15, 0.2) is 41.8 Å². The molecule has 20 heavy (non-hydrogen) atoms. The highest BCUT2D eigenvalue weighted by molar-refractivity contribution is 7.09. The van der Waals surface area contributed by atoms with Gasteiger partial charge in [-0.25, -0.2) is 4.79 Å². The van der Waals surface area contributed by atoms with Crippen molar-refractivity contribution in [3.05, 3.63) is 52.2 Å². The van der Waals surface area contributed by atoms with Gasteiger partial charge in [0.25, 0.3) is 0 Å². The summed E-state index contributed by atoms with van der Waals surface area (Å²) >= 11 is 1.69. The maximum Gasteiger partial charge on any atom is 0.335 e. The lowest BCUT2D eigenvalue weighted by Crippen LogP contribution is -2.12. The molecule has 1 aromatic carbocycles. The summed E-state index contributed by atoms with van der Waals surface area (Å²) in [4.78, 5) is 23.9.